The minimum Gasteiger partial charge on any atom is -0.494 e. The van der Waals surface area contributed by atoms with Crippen LogP contribution >= 0.6 is 0 Å². The number of hydrogen-bond acceptors (Lipinski definition) is 7. The van der Waals surface area contributed by atoms with Gasteiger partial charge in [-0.15, -0.1) is 0 Å². The minimum atomic E-state index is -0.538. The van der Waals surface area contributed by atoms with Gasteiger partial charge in [0.1, 0.15) is 29.2 Å². The van der Waals surface area contributed by atoms with Gasteiger partial charge in [0.25, 0.3) is 0 Å². The zero-order valence-corrected chi connectivity index (χ0v) is 18.1. The zero-order valence-electron chi connectivity index (χ0n) is 18.1. The van der Waals surface area contributed by atoms with Crippen molar-refractivity contribution in [2.45, 2.75) is 38.9 Å². The van der Waals surface area contributed by atoms with Crippen LogP contribution in [0.25, 0.3) is 10.9 Å². The lowest BCUT2D eigenvalue weighted by atomic mass is 9.67. The fourth-order valence-electron chi connectivity index (χ4n) is 4.93. The largest absolute Gasteiger partial charge is 0.494 e. The summed E-state index contributed by atoms with van der Waals surface area (Å²) in [5, 5.41) is 0.867. The van der Waals surface area contributed by atoms with Crippen LogP contribution in [0.2, 0.25) is 0 Å². The van der Waals surface area contributed by atoms with Crippen LogP contribution in [0.4, 0.5) is 0 Å². The van der Waals surface area contributed by atoms with Gasteiger partial charge in [0.05, 0.1) is 19.6 Å². The summed E-state index contributed by atoms with van der Waals surface area (Å²) in [4.78, 5) is 30.2. The second kappa shape index (κ2) is 7.51. The van der Waals surface area contributed by atoms with E-state index < -0.39 is 23.6 Å². The second-order valence-electron chi connectivity index (χ2n) is 8.48. The molecule has 0 bridgehead atoms. The maximum Gasteiger partial charge on any atom is 0.357 e. The maximum absolute atomic E-state index is 12.9. The van der Waals surface area contributed by atoms with E-state index in [-0.39, 0.29) is 11.7 Å². The van der Waals surface area contributed by atoms with Crippen molar-refractivity contribution >= 4 is 22.8 Å². The van der Waals surface area contributed by atoms with E-state index in [0.717, 1.165) is 16.5 Å². The normalized spacial score (nSPS) is 24.9. The lowest BCUT2D eigenvalue weighted by Gasteiger charge is -2.36. The predicted octanol–water partition coefficient (Wildman–Crippen LogP) is 4.78. The number of fused-ring (bicyclic) bond motifs is 2. The SMILES string of the molecule is COc1cccc2ccc(C(=O)O[C@@H]3CC[C@]4(C)C(=C3C)C(=O)O[C@H]4c3ccoc3)nc12. The van der Waals surface area contributed by atoms with Crippen LogP contribution in [-0.2, 0) is 14.3 Å². The molecule has 0 amide bonds. The third-order valence-electron chi connectivity index (χ3n) is 6.59. The van der Waals surface area contributed by atoms with E-state index in [1.165, 1.54) is 0 Å². The molecule has 0 spiro atoms. The molecule has 164 valence electrons. The van der Waals surface area contributed by atoms with E-state index in [1.54, 1.807) is 31.8 Å². The van der Waals surface area contributed by atoms with Gasteiger partial charge < -0.3 is 18.6 Å². The topological polar surface area (TPSA) is 87.9 Å². The first-order valence-corrected chi connectivity index (χ1v) is 10.5. The van der Waals surface area contributed by atoms with Gasteiger partial charge >= 0.3 is 11.9 Å². The van der Waals surface area contributed by atoms with Crippen molar-refractivity contribution in [3.63, 3.8) is 0 Å². The Bertz CT molecular complexity index is 1240. The molecule has 1 fully saturated rings. The second-order valence-corrected chi connectivity index (χ2v) is 8.48. The number of furan rings is 1. The quantitative estimate of drug-likeness (QED) is 0.547. The highest BCUT2D eigenvalue weighted by molar-refractivity contribution is 5.95. The highest BCUT2D eigenvalue weighted by Crippen LogP contribution is 2.56. The molecule has 3 aromatic rings. The van der Waals surface area contributed by atoms with Crippen LogP contribution < -0.4 is 4.74 Å². The van der Waals surface area contributed by atoms with Crippen molar-refractivity contribution < 1.29 is 28.2 Å². The van der Waals surface area contributed by atoms with Crippen molar-refractivity contribution in [2.24, 2.45) is 5.41 Å². The van der Waals surface area contributed by atoms with E-state index in [2.05, 4.69) is 4.98 Å². The van der Waals surface area contributed by atoms with Crippen molar-refractivity contribution in [1.82, 2.24) is 4.98 Å². The molecule has 1 aliphatic carbocycles. The van der Waals surface area contributed by atoms with Gasteiger partial charge in [0.2, 0.25) is 0 Å². The summed E-state index contributed by atoms with van der Waals surface area (Å²) < 4.78 is 22.1. The van der Waals surface area contributed by atoms with Crippen molar-refractivity contribution in [3.8, 4) is 5.75 Å². The average molecular weight is 433 g/mol. The Morgan fingerprint density at radius 3 is 2.81 bits per heavy atom. The third kappa shape index (κ3) is 3.07. The van der Waals surface area contributed by atoms with Crippen molar-refractivity contribution in [2.75, 3.05) is 7.11 Å². The summed E-state index contributed by atoms with van der Waals surface area (Å²) in [5.74, 6) is -0.322. The highest BCUT2D eigenvalue weighted by Gasteiger charge is 2.54. The molecule has 3 heterocycles. The van der Waals surface area contributed by atoms with E-state index in [4.69, 9.17) is 18.6 Å². The first-order valence-electron chi connectivity index (χ1n) is 10.5. The van der Waals surface area contributed by atoms with Gasteiger partial charge in [-0.3, -0.25) is 0 Å². The Hall–Kier alpha value is -3.61. The maximum atomic E-state index is 12.9. The number of ether oxygens (including phenoxy) is 3. The number of methoxy groups -OCH3 is 1. The van der Waals surface area contributed by atoms with Crippen LogP contribution in [0.3, 0.4) is 0 Å². The van der Waals surface area contributed by atoms with Gasteiger partial charge in [-0.25, -0.2) is 14.6 Å². The summed E-state index contributed by atoms with van der Waals surface area (Å²) in [6.45, 7) is 3.85. The zero-order chi connectivity index (χ0) is 22.5. The molecule has 32 heavy (non-hydrogen) atoms. The molecule has 0 N–H and O–H groups in total. The lowest BCUT2D eigenvalue weighted by Crippen LogP contribution is -2.34. The summed E-state index contributed by atoms with van der Waals surface area (Å²) in [7, 11) is 1.56. The monoisotopic (exact) mass is 433 g/mol. The number of para-hydroxylation sites is 1. The summed E-state index contributed by atoms with van der Waals surface area (Å²) >= 11 is 0. The Kier molecular flexibility index (Phi) is 4.77. The van der Waals surface area contributed by atoms with E-state index in [1.807, 2.05) is 38.1 Å². The molecule has 0 saturated carbocycles. The molecule has 0 unspecified atom stereocenters. The highest BCUT2D eigenvalue weighted by atomic mass is 16.6. The van der Waals surface area contributed by atoms with Gasteiger partial charge in [0, 0.05) is 21.9 Å². The summed E-state index contributed by atoms with van der Waals surface area (Å²) in [6, 6.07) is 10.8. The molecule has 7 heteroatoms. The summed E-state index contributed by atoms with van der Waals surface area (Å²) in [5.41, 5.74) is 2.43. The fourth-order valence-corrected chi connectivity index (χ4v) is 4.93. The number of benzene rings is 1. The molecule has 5 rings (SSSR count). The van der Waals surface area contributed by atoms with Gasteiger partial charge in [-0.05, 0) is 43.5 Å². The number of cyclic esters (lactones) is 1. The lowest BCUT2D eigenvalue weighted by molar-refractivity contribution is -0.140. The van der Waals surface area contributed by atoms with Crippen LogP contribution in [0.1, 0.15) is 48.8 Å². The molecule has 3 atom stereocenters. The number of nitrogens with zero attached hydrogens (tertiary/aromatic N) is 1. The summed E-state index contributed by atoms with van der Waals surface area (Å²) in [6.07, 6.45) is 3.46. The first kappa shape index (κ1) is 20.3. The predicted molar refractivity (Wildman–Crippen MR) is 115 cm³/mol. The number of carbonyl (C=O) groups is 2. The van der Waals surface area contributed by atoms with Gasteiger partial charge in [0.15, 0.2) is 0 Å². The van der Waals surface area contributed by atoms with E-state index in [0.29, 0.717) is 29.7 Å². The number of carbonyl (C=O) groups excluding carboxylic acids is 2. The van der Waals surface area contributed by atoms with Gasteiger partial charge in [-0.2, -0.15) is 0 Å². The number of aromatic nitrogens is 1. The Labute approximate surface area is 185 Å². The standard InChI is InChI=1S/C25H23NO6/c1-14-18(9-11-25(2)20(14)24(28)32-22(25)16-10-12-30-13-16)31-23(27)17-8-7-15-5-4-6-19(29-3)21(15)26-17/h4-8,10,12-13,18,22H,9,11H2,1-3H3/t18-,22+,25-/m1/s1. The number of rotatable bonds is 4. The molecule has 0 radical (unpaired) electrons. The molecule has 2 aliphatic rings. The molecule has 2 aromatic heterocycles. The van der Waals surface area contributed by atoms with Crippen LogP contribution in [0.15, 0.2) is 64.5 Å². The molecular weight excluding hydrogens is 410 g/mol. The Balaban J connectivity index is 1.43. The average Bonchev–Trinajstić information content (AvgIpc) is 3.41. The van der Waals surface area contributed by atoms with E-state index in [9.17, 15) is 9.59 Å². The van der Waals surface area contributed by atoms with Gasteiger partial charge in [-0.1, -0.05) is 25.1 Å². The molecular formula is C25H23NO6. The van der Waals surface area contributed by atoms with Crippen LogP contribution in [-0.4, -0.2) is 30.1 Å². The Morgan fingerprint density at radius 1 is 1.22 bits per heavy atom. The molecule has 1 aromatic carbocycles. The Morgan fingerprint density at radius 2 is 2.06 bits per heavy atom. The van der Waals surface area contributed by atoms with Crippen molar-refractivity contribution in [1.29, 1.82) is 0 Å². The van der Waals surface area contributed by atoms with Crippen molar-refractivity contribution in [3.05, 3.63) is 71.3 Å². The number of pyridine rings is 1. The molecule has 1 aliphatic heterocycles. The number of hydrogen-bond donors (Lipinski definition) is 0. The fraction of sp³-hybridized carbons (Fsp3) is 0.320. The molecule has 7 nitrogen and oxygen atoms in total. The van der Waals surface area contributed by atoms with Crippen LogP contribution in [0.5, 0.6) is 5.75 Å². The van der Waals surface area contributed by atoms with E-state index >= 15 is 0 Å². The first-order chi connectivity index (χ1) is 15.4. The smallest absolute Gasteiger partial charge is 0.357 e. The molecule has 1 saturated heterocycles. The number of esters is 2. The minimum absolute atomic E-state index is 0.193. The third-order valence-corrected chi connectivity index (χ3v) is 6.59. The van der Waals surface area contributed by atoms with Crippen LogP contribution in [0, 0.1) is 5.41 Å².